The van der Waals surface area contributed by atoms with E-state index in [2.05, 4.69) is 16.5 Å². The normalized spacial score (nSPS) is 20.6. The monoisotopic (exact) mass is 295 g/mol. The minimum absolute atomic E-state index is 0.0939. The van der Waals surface area contributed by atoms with Gasteiger partial charge in [0.05, 0.1) is 11.6 Å². The molecule has 0 bridgehead atoms. The van der Waals surface area contributed by atoms with E-state index in [1.165, 1.54) is 0 Å². The minimum atomic E-state index is -0.549. The molecule has 1 aliphatic heterocycles. The number of anilines is 1. The maximum absolute atomic E-state index is 12.4. The van der Waals surface area contributed by atoms with Crippen molar-refractivity contribution in [2.45, 2.75) is 13.3 Å². The number of hydrogen-bond donors (Lipinski definition) is 1. The number of rotatable bonds is 3. The van der Waals surface area contributed by atoms with Gasteiger partial charge in [0.15, 0.2) is 12.0 Å². The fourth-order valence-electron chi connectivity index (χ4n) is 2.63. The van der Waals surface area contributed by atoms with E-state index < -0.39 is 5.41 Å². The van der Waals surface area contributed by atoms with Crippen LogP contribution >= 0.6 is 0 Å². The van der Waals surface area contributed by atoms with Gasteiger partial charge in [-0.3, -0.25) is 4.79 Å². The largest absolute Gasteiger partial charge is 0.310 e. The van der Waals surface area contributed by atoms with Gasteiger partial charge >= 0.3 is 0 Å². The molecular weight excluding hydrogens is 278 g/mol. The van der Waals surface area contributed by atoms with Crippen molar-refractivity contribution < 1.29 is 4.79 Å². The summed E-state index contributed by atoms with van der Waals surface area (Å²) in [5.41, 5.74) is 0.435. The first-order chi connectivity index (χ1) is 10.6. The number of benzene rings is 1. The summed E-state index contributed by atoms with van der Waals surface area (Å²) >= 11 is 0. The van der Waals surface area contributed by atoms with Crippen molar-refractivity contribution in [2.75, 3.05) is 18.4 Å². The second kappa shape index (κ2) is 5.53. The number of imidazole rings is 1. The van der Waals surface area contributed by atoms with E-state index in [-0.39, 0.29) is 5.91 Å². The quantitative estimate of drug-likeness (QED) is 0.879. The smallest absolute Gasteiger partial charge is 0.233 e. The standard InChI is InChI=1S/C16H17N5O/c1-16(7-8-20(10-16)11-17)15(22)19-14-9-21(12-18-14)13-5-3-2-4-6-13/h2-6,9,12H,7-8,10H2,1H3,(H,19,22). The highest BCUT2D eigenvalue weighted by atomic mass is 16.2. The molecule has 1 saturated heterocycles. The van der Waals surface area contributed by atoms with E-state index in [9.17, 15) is 4.79 Å². The van der Waals surface area contributed by atoms with Crippen molar-refractivity contribution in [1.29, 1.82) is 5.26 Å². The van der Waals surface area contributed by atoms with Gasteiger partial charge in [-0.1, -0.05) is 18.2 Å². The maximum atomic E-state index is 12.4. The van der Waals surface area contributed by atoms with Crippen LogP contribution in [0.2, 0.25) is 0 Å². The molecule has 2 aromatic rings. The second-order valence-electron chi connectivity index (χ2n) is 5.79. The lowest BCUT2D eigenvalue weighted by molar-refractivity contribution is -0.124. The Morgan fingerprint density at radius 3 is 2.86 bits per heavy atom. The van der Waals surface area contributed by atoms with E-state index in [1.54, 1.807) is 17.4 Å². The van der Waals surface area contributed by atoms with Crippen molar-refractivity contribution in [3.8, 4) is 11.9 Å². The molecule has 3 rings (SSSR count). The van der Waals surface area contributed by atoms with Gasteiger partial charge < -0.3 is 14.8 Å². The Bertz CT molecular complexity index is 718. The van der Waals surface area contributed by atoms with Crippen LogP contribution in [0.4, 0.5) is 5.82 Å². The summed E-state index contributed by atoms with van der Waals surface area (Å²) in [7, 11) is 0. The summed E-state index contributed by atoms with van der Waals surface area (Å²) < 4.78 is 1.86. The van der Waals surface area contributed by atoms with Gasteiger partial charge in [-0.15, -0.1) is 0 Å². The average molecular weight is 295 g/mol. The third kappa shape index (κ3) is 2.66. The zero-order chi connectivity index (χ0) is 15.6. The zero-order valence-electron chi connectivity index (χ0n) is 12.4. The van der Waals surface area contributed by atoms with Gasteiger partial charge in [-0.2, -0.15) is 5.26 Å². The first-order valence-corrected chi connectivity index (χ1v) is 7.16. The summed E-state index contributed by atoms with van der Waals surface area (Å²) in [5.74, 6) is 0.425. The lowest BCUT2D eigenvalue weighted by Crippen LogP contribution is -2.35. The molecule has 1 aliphatic rings. The highest BCUT2D eigenvalue weighted by Crippen LogP contribution is 2.30. The number of aromatic nitrogens is 2. The van der Waals surface area contributed by atoms with Gasteiger partial charge in [0.25, 0.3) is 0 Å². The number of likely N-dealkylation sites (tertiary alicyclic amines) is 1. The number of nitrogens with zero attached hydrogens (tertiary/aromatic N) is 4. The summed E-state index contributed by atoms with van der Waals surface area (Å²) in [6.07, 6.45) is 6.22. The van der Waals surface area contributed by atoms with E-state index in [0.717, 1.165) is 5.69 Å². The summed E-state index contributed by atoms with van der Waals surface area (Å²) in [5, 5.41) is 11.8. The highest BCUT2D eigenvalue weighted by Gasteiger charge is 2.40. The molecular formula is C16H17N5O. The van der Waals surface area contributed by atoms with Crippen molar-refractivity contribution in [2.24, 2.45) is 5.41 Å². The van der Waals surface area contributed by atoms with Crippen LogP contribution in [0.1, 0.15) is 13.3 Å². The Morgan fingerprint density at radius 2 is 2.18 bits per heavy atom. The van der Waals surface area contributed by atoms with Crippen molar-refractivity contribution in [3.63, 3.8) is 0 Å². The van der Waals surface area contributed by atoms with E-state index in [0.29, 0.717) is 25.3 Å². The molecule has 0 radical (unpaired) electrons. The third-order valence-electron chi connectivity index (χ3n) is 4.04. The number of nitrogens with one attached hydrogen (secondary N) is 1. The first kappa shape index (κ1) is 14.1. The topological polar surface area (TPSA) is 74.0 Å². The van der Waals surface area contributed by atoms with Crippen LogP contribution in [-0.2, 0) is 4.79 Å². The number of nitriles is 1. The molecule has 6 heteroatoms. The van der Waals surface area contributed by atoms with E-state index >= 15 is 0 Å². The first-order valence-electron chi connectivity index (χ1n) is 7.16. The summed E-state index contributed by atoms with van der Waals surface area (Å²) in [6, 6.07) is 9.78. The molecule has 1 N–H and O–H groups in total. The van der Waals surface area contributed by atoms with Crippen LogP contribution in [0.5, 0.6) is 0 Å². The summed E-state index contributed by atoms with van der Waals surface area (Å²) in [4.78, 5) is 18.3. The van der Waals surface area contributed by atoms with E-state index in [4.69, 9.17) is 5.26 Å². The Kier molecular flexibility index (Phi) is 3.55. The van der Waals surface area contributed by atoms with E-state index in [1.807, 2.05) is 41.8 Å². The fraction of sp³-hybridized carbons (Fsp3) is 0.312. The van der Waals surface area contributed by atoms with Crippen LogP contribution in [0, 0.1) is 16.9 Å². The molecule has 1 aromatic carbocycles. The molecule has 0 spiro atoms. The SMILES string of the molecule is CC1(C(=O)Nc2cn(-c3ccccc3)cn2)CCN(C#N)C1. The minimum Gasteiger partial charge on any atom is -0.310 e. The molecule has 1 atom stereocenters. The predicted molar refractivity (Wildman–Crippen MR) is 82.1 cm³/mol. The molecule has 22 heavy (non-hydrogen) atoms. The van der Waals surface area contributed by atoms with Crippen LogP contribution < -0.4 is 5.32 Å². The number of amides is 1. The van der Waals surface area contributed by atoms with Gasteiger partial charge in [-0.25, -0.2) is 4.98 Å². The zero-order valence-corrected chi connectivity index (χ0v) is 12.4. The average Bonchev–Trinajstić information content (AvgIpc) is 3.16. The molecule has 0 aliphatic carbocycles. The Labute approximate surface area is 129 Å². The Hall–Kier alpha value is -2.81. The molecule has 112 valence electrons. The Morgan fingerprint density at radius 1 is 1.41 bits per heavy atom. The van der Waals surface area contributed by atoms with Crippen molar-refractivity contribution in [1.82, 2.24) is 14.5 Å². The molecule has 6 nitrogen and oxygen atoms in total. The van der Waals surface area contributed by atoms with Gasteiger partial charge in [0.1, 0.15) is 6.33 Å². The molecule has 1 fully saturated rings. The number of carbonyl (C=O) groups is 1. The second-order valence-corrected chi connectivity index (χ2v) is 5.79. The molecule has 2 heterocycles. The molecule has 1 amide bonds. The van der Waals surface area contributed by atoms with Crippen LogP contribution in [-0.4, -0.2) is 33.4 Å². The van der Waals surface area contributed by atoms with Crippen LogP contribution in [0.25, 0.3) is 5.69 Å². The fourth-order valence-corrected chi connectivity index (χ4v) is 2.63. The molecule has 1 unspecified atom stereocenters. The molecule has 0 saturated carbocycles. The summed E-state index contributed by atoms with van der Waals surface area (Å²) in [6.45, 7) is 2.96. The number of carbonyl (C=O) groups excluding carboxylic acids is 1. The maximum Gasteiger partial charge on any atom is 0.233 e. The highest BCUT2D eigenvalue weighted by molar-refractivity contribution is 5.94. The molecule has 1 aromatic heterocycles. The third-order valence-corrected chi connectivity index (χ3v) is 4.04. The lowest BCUT2D eigenvalue weighted by atomic mass is 9.89. The number of hydrogen-bond acceptors (Lipinski definition) is 4. The van der Waals surface area contributed by atoms with Crippen molar-refractivity contribution >= 4 is 11.7 Å². The van der Waals surface area contributed by atoms with Gasteiger partial charge in [-0.05, 0) is 25.5 Å². The van der Waals surface area contributed by atoms with Crippen LogP contribution in [0.15, 0.2) is 42.9 Å². The lowest BCUT2D eigenvalue weighted by Gasteiger charge is -2.21. The predicted octanol–water partition coefficient (Wildman–Crippen LogP) is 2.00. The van der Waals surface area contributed by atoms with Gasteiger partial charge in [0.2, 0.25) is 5.91 Å². The number of para-hydroxylation sites is 1. The van der Waals surface area contributed by atoms with Crippen LogP contribution in [0.3, 0.4) is 0 Å². The Balaban J connectivity index is 1.71. The van der Waals surface area contributed by atoms with Gasteiger partial charge in [0, 0.05) is 18.8 Å². The van der Waals surface area contributed by atoms with Crippen molar-refractivity contribution in [3.05, 3.63) is 42.9 Å².